The Hall–Kier alpha value is -1.78. The van der Waals surface area contributed by atoms with Crippen molar-refractivity contribution in [1.82, 2.24) is 0 Å². The highest BCUT2D eigenvalue weighted by molar-refractivity contribution is 5.96. The zero-order valence-corrected chi connectivity index (χ0v) is 11.5. The van der Waals surface area contributed by atoms with Crippen molar-refractivity contribution < 1.29 is 23.1 Å². The lowest BCUT2D eigenvalue weighted by atomic mass is 10.0. The number of halogens is 2. The molecule has 0 spiro atoms. The number of ketones is 1. The molecule has 0 unspecified atom stereocenters. The third-order valence-electron chi connectivity index (χ3n) is 2.83. The molecule has 0 N–H and O–H groups in total. The summed E-state index contributed by atoms with van der Waals surface area (Å²) in [6.07, 6.45) is 2.11. The fourth-order valence-corrected chi connectivity index (χ4v) is 1.85. The highest BCUT2D eigenvalue weighted by Gasteiger charge is 2.16. The van der Waals surface area contributed by atoms with E-state index in [9.17, 15) is 18.4 Å². The van der Waals surface area contributed by atoms with E-state index in [0.717, 1.165) is 12.1 Å². The van der Waals surface area contributed by atoms with Crippen molar-refractivity contribution in [2.45, 2.75) is 39.0 Å². The normalized spacial score (nSPS) is 10.3. The first-order valence-electron chi connectivity index (χ1n) is 6.69. The van der Waals surface area contributed by atoms with Crippen LogP contribution >= 0.6 is 0 Å². The fraction of sp³-hybridized carbons (Fsp3) is 0.467. The number of ether oxygens (including phenoxy) is 1. The van der Waals surface area contributed by atoms with Crippen LogP contribution in [0.4, 0.5) is 8.78 Å². The van der Waals surface area contributed by atoms with Gasteiger partial charge in [0, 0.05) is 12.8 Å². The first kappa shape index (κ1) is 16.3. The molecule has 0 aromatic heterocycles. The minimum Gasteiger partial charge on any atom is -0.466 e. The van der Waals surface area contributed by atoms with E-state index in [1.54, 1.807) is 6.92 Å². The molecule has 0 aliphatic carbocycles. The first-order chi connectivity index (χ1) is 9.56. The van der Waals surface area contributed by atoms with Crippen molar-refractivity contribution in [2.24, 2.45) is 0 Å². The van der Waals surface area contributed by atoms with E-state index in [-0.39, 0.29) is 12.4 Å². The van der Waals surface area contributed by atoms with Crippen LogP contribution in [-0.2, 0) is 9.53 Å². The molecule has 0 radical (unpaired) electrons. The summed E-state index contributed by atoms with van der Waals surface area (Å²) in [5.74, 6) is -2.47. The minimum atomic E-state index is -0.832. The highest BCUT2D eigenvalue weighted by atomic mass is 19.1. The molecule has 0 aliphatic rings. The maximum atomic E-state index is 13.3. The van der Waals surface area contributed by atoms with Gasteiger partial charge in [-0.2, -0.15) is 0 Å². The van der Waals surface area contributed by atoms with Crippen LogP contribution in [0.5, 0.6) is 0 Å². The van der Waals surface area contributed by atoms with Gasteiger partial charge in [-0.3, -0.25) is 9.59 Å². The van der Waals surface area contributed by atoms with Gasteiger partial charge in [-0.05, 0) is 31.9 Å². The van der Waals surface area contributed by atoms with Gasteiger partial charge in [0.25, 0.3) is 0 Å². The van der Waals surface area contributed by atoms with Gasteiger partial charge in [0.05, 0.1) is 12.2 Å². The molecule has 0 bridgehead atoms. The van der Waals surface area contributed by atoms with E-state index in [1.807, 2.05) is 0 Å². The van der Waals surface area contributed by atoms with Gasteiger partial charge < -0.3 is 4.74 Å². The summed E-state index contributed by atoms with van der Waals surface area (Å²) in [4.78, 5) is 22.8. The lowest BCUT2D eigenvalue weighted by molar-refractivity contribution is -0.143. The number of carbonyl (C=O) groups excluding carboxylic acids is 2. The summed E-state index contributed by atoms with van der Waals surface area (Å²) in [7, 11) is 0. The third kappa shape index (κ3) is 5.07. The zero-order chi connectivity index (χ0) is 15.0. The molecule has 1 aromatic rings. The maximum Gasteiger partial charge on any atom is 0.305 e. The molecule has 1 aromatic carbocycles. The Kier molecular flexibility index (Phi) is 6.84. The molecular weight excluding hydrogens is 266 g/mol. The van der Waals surface area contributed by atoms with Crippen LogP contribution in [0.2, 0.25) is 0 Å². The van der Waals surface area contributed by atoms with E-state index in [4.69, 9.17) is 4.74 Å². The number of esters is 1. The van der Waals surface area contributed by atoms with E-state index >= 15 is 0 Å². The summed E-state index contributed by atoms with van der Waals surface area (Å²) in [5, 5.41) is 0. The molecule has 1 rings (SSSR count). The lowest BCUT2D eigenvalue weighted by Crippen LogP contribution is -2.06. The summed E-state index contributed by atoms with van der Waals surface area (Å²) in [6, 6.07) is 3.36. The molecule has 0 aliphatic heterocycles. The standard InChI is InChI=1S/C15H18F2O3/c1-2-20-14(19)10-5-3-4-9-13(18)15-11(16)7-6-8-12(15)17/h6-8H,2-5,9-10H2,1H3. The molecule has 20 heavy (non-hydrogen) atoms. The van der Waals surface area contributed by atoms with Crippen molar-refractivity contribution >= 4 is 11.8 Å². The van der Waals surface area contributed by atoms with Gasteiger partial charge in [-0.25, -0.2) is 8.78 Å². The Bertz CT molecular complexity index is 452. The van der Waals surface area contributed by atoms with E-state index in [0.29, 0.717) is 32.3 Å². The van der Waals surface area contributed by atoms with Gasteiger partial charge in [0.2, 0.25) is 0 Å². The highest BCUT2D eigenvalue weighted by Crippen LogP contribution is 2.16. The average Bonchev–Trinajstić information content (AvgIpc) is 2.38. The van der Waals surface area contributed by atoms with Crippen LogP contribution < -0.4 is 0 Å². The van der Waals surface area contributed by atoms with Crippen molar-refractivity contribution in [1.29, 1.82) is 0 Å². The van der Waals surface area contributed by atoms with Crippen LogP contribution in [0.25, 0.3) is 0 Å². The number of carbonyl (C=O) groups is 2. The molecule has 0 atom stereocenters. The number of hydrogen-bond donors (Lipinski definition) is 0. The lowest BCUT2D eigenvalue weighted by Gasteiger charge is -2.04. The Morgan fingerprint density at radius 2 is 1.65 bits per heavy atom. The first-order valence-corrected chi connectivity index (χ1v) is 6.69. The van der Waals surface area contributed by atoms with Crippen LogP contribution in [0.1, 0.15) is 49.4 Å². The Morgan fingerprint density at radius 3 is 2.25 bits per heavy atom. The van der Waals surface area contributed by atoms with Gasteiger partial charge in [0.1, 0.15) is 11.6 Å². The molecule has 0 fully saturated rings. The van der Waals surface area contributed by atoms with Crippen LogP contribution in [0.15, 0.2) is 18.2 Å². The molecule has 0 heterocycles. The molecule has 110 valence electrons. The Balaban J connectivity index is 2.32. The SMILES string of the molecule is CCOC(=O)CCCCCC(=O)c1c(F)cccc1F. The summed E-state index contributed by atoms with van der Waals surface area (Å²) in [5.41, 5.74) is -0.474. The number of benzene rings is 1. The van der Waals surface area contributed by atoms with E-state index in [2.05, 4.69) is 0 Å². The van der Waals surface area contributed by atoms with Crippen molar-refractivity contribution in [3.05, 3.63) is 35.4 Å². The molecule has 3 nitrogen and oxygen atoms in total. The van der Waals surface area contributed by atoms with Crippen molar-refractivity contribution in [3.63, 3.8) is 0 Å². The van der Waals surface area contributed by atoms with Crippen molar-refractivity contribution in [3.8, 4) is 0 Å². The number of unbranched alkanes of at least 4 members (excludes halogenated alkanes) is 2. The second-order valence-corrected chi connectivity index (χ2v) is 4.39. The number of hydrogen-bond acceptors (Lipinski definition) is 3. The van der Waals surface area contributed by atoms with Crippen LogP contribution in [-0.4, -0.2) is 18.4 Å². The minimum absolute atomic E-state index is 0.0701. The fourth-order valence-electron chi connectivity index (χ4n) is 1.85. The molecule has 0 amide bonds. The van der Waals surface area contributed by atoms with E-state index in [1.165, 1.54) is 6.07 Å². The molecule has 0 saturated carbocycles. The molecule has 5 heteroatoms. The second kappa shape index (κ2) is 8.40. The summed E-state index contributed by atoms with van der Waals surface area (Å²) in [6.45, 7) is 2.09. The van der Waals surface area contributed by atoms with Gasteiger partial charge in [-0.1, -0.05) is 12.5 Å². The Morgan fingerprint density at radius 1 is 1.05 bits per heavy atom. The topological polar surface area (TPSA) is 43.4 Å². The third-order valence-corrected chi connectivity index (χ3v) is 2.83. The molecule has 0 saturated heterocycles. The largest absolute Gasteiger partial charge is 0.466 e. The van der Waals surface area contributed by atoms with Crippen LogP contribution in [0.3, 0.4) is 0 Å². The predicted molar refractivity (Wildman–Crippen MR) is 70.4 cm³/mol. The number of rotatable bonds is 8. The maximum absolute atomic E-state index is 13.3. The number of Topliss-reactive ketones (excluding diaryl/α,β-unsaturated/α-hetero) is 1. The van der Waals surface area contributed by atoms with Gasteiger partial charge in [-0.15, -0.1) is 0 Å². The van der Waals surface area contributed by atoms with Gasteiger partial charge in [0.15, 0.2) is 5.78 Å². The van der Waals surface area contributed by atoms with Crippen molar-refractivity contribution in [2.75, 3.05) is 6.61 Å². The smallest absolute Gasteiger partial charge is 0.305 e. The predicted octanol–water partition coefficient (Wildman–Crippen LogP) is 3.66. The quantitative estimate of drug-likeness (QED) is 0.415. The monoisotopic (exact) mass is 284 g/mol. The van der Waals surface area contributed by atoms with Gasteiger partial charge >= 0.3 is 5.97 Å². The van der Waals surface area contributed by atoms with Crippen LogP contribution in [0, 0.1) is 11.6 Å². The Labute approximate surface area is 116 Å². The van der Waals surface area contributed by atoms with E-state index < -0.39 is 23.0 Å². The molecular formula is C15H18F2O3. The second-order valence-electron chi connectivity index (χ2n) is 4.39. The summed E-state index contributed by atoms with van der Waals surface area (Å²) < 4.78 is 31.5. The zero-order valence-electron chi connectivity index (χ0n) is 11.5. The summed E-state index contributed by atoms with van der Waals surface area (Å²) >= 11 is 0. The average molecular weight is 284 g/mol.